The fourth-order valence-corrected chi connectivity index (χ4v) is 2.20. The Labute approximate surface area is 97.2 Å². The monoisotopic (exact) mass is 268 g/mol. The lowest BCUT2D eigenvalue weighted by atomic mass is 10.3. The van der Waals surface area contributed by atoms with Gasteiger partial charge in [0.1, 0.15) is 5.75 Å². The highest BCUT2D eigenvalue weighted by Gasteiger charge is 2.08. The number of benzene rings is 1. The van der Waals surface area contributed by atoms with Gasteiger partial charge in [-0.1, -0.05) is 6.92 Å². The lowest BCUT2D eigenvalue weighted by Crippen LogP contribution is -1.96. The normalized spacial score (nSPS) is 10.9. The number of nitrogens with zero attached hydrogens (tertiary/aromatic N) is 2. The molecule has 0 saturated heterocycles. The lowest BCUT2D eigenvalue weighted by molar-refractivity contribution is 0.415. The van der Waals surface area contributed by atoms with Gasteiger partial charge in [0.05, 0.1) is 18.1 Å². The zero-order valence-electron chi connectivity index (χ0n) is 8.83. The Kier molecular flexibility index (Phi) is 2.95. The summed E-state index contributed by atoms with van der Waals surface area (Å²) in [6.07, 6.45) is 1.09. The zero-order chi connectivity index (χ0) is 10.8. The molecular weight excluding hydrogens is 256 g/mol. The highest BCUT2D eigenvalue weighted by molar-refractivity contribution is 9.10. The van der Waals surface area contributed by atoms with Crippen LogP contribution in [0.4, 0.5) is 0 Å². The van der Waals surface area contributed by atoms with E-state index in [0.29, 0.717) is 0 Å². The molecule has 0 atom stereocenters. The number of rotatable bonds is 3. The Hall–Kier alpha value is -1.03. The van der Waals surface area contributed by atoms with Crippen molar-refractivity contribution in [2.75, 3.05) is 7.11 Å². The van der Waals surface area contributed by atoms with E-state index in [1.807, 2.05) is 18.2 Å². The van der Waals surface area contributed by atoms with Crippen molar-refractivity contribution in [3.05, 3.63) is 22.9 Å². The molecule has 0 unspecified atom stereocenters. The number of hydrogen-bond acceptors (Lipinski definition) is 2. The van der Waals surface area contributed by atoms with Crippen LogP contribution in [0.3, 0.4) is 0 Å². The second-order valence-corrected chi connectivity index (χ2v) is 4.10. The molecule has 80 valence electrons. The summed E-state index contributed by atoms with van der Waals surface area (Å²) in [7, 11) is 1.67. The first-order valence-corrected chi connectivity index (χ1v) is 5.75. The summed E-state index contributed by atoms with van der Waals surface area (Å²) in [5, 5.41) is 0. The molecule has 0 aliphatic rings. The van der Waals surface area contributed by atoms with Crippen molar-refractivity contribution in [1.82, 2.24) is 9.55 Å². The summed E-state index contributed by atoms with van der Waals surface area (Å²) in [4.78, 5) is 4.44. The van der Waals surface area contributed by atoms with Crippen molar-refractivity contribution < 1.29 is 4.74 Å². The number of ether oxygens (including phenoxy) is 1. The maximum Gasteiger partial charge on any atom is 0.178 e. The van der Waals surface area contributed by atoms with Gasteiger partial charge in [-0.15, -0.1) is 0 Å². The molecule has 3 nitrogen and oxygen atoms in total. The molecular formula is C11H13BrN2O. The van der Waals surface area contributed by atoms with E-state index in [1.54, 1.807) is 7.11 Å². The highest BCUT2D eigenvalue weighted by atomic mass is 79.9. The van der Waals surface area contributed by atoms with Gasteiger partial charge in [-0.3, -0.25) is 0 Å². The summed E-state index contributed by atoms with van der Waals surface area (Å²) in [6, 6.07) is 5.95. The van der Waals surface area contributed by atoms with Crippen LogP contribution in [0.2, 0.25) is 0 Å². The molecule has 0 fully saturated rings. The lowest BCUT2D eigenvalue weighted by Gasteiger charge is -2.03. The van der Waals surface area contributed by atoms with E-state index in [2.05, 4.69) is 32.4 Å². The van der Waals surface area contributed by atoms with Crippen LogP contribution in [0.5, 0.6) is 5.75 Å². The van der Waals surface area contributed by atoms with E-state index in [1.165, 1.54) is 0 Å². The number of halogens is 1. The first-order valence-electron chi connectivity index (χ1n) is 4.96. The molecule has 1 aromatic heterocycles. The SMILES string of the molecule is CCCn1c(Br)nc2cc(OC)ccc21. The molecule has 0 spiro atoms. The minimum atomic E-state index is 0.844. The first-order chi connectivity index (χ1) is 7.26. The molecule has 2 aromatic rings. The molecule has 0 N–H and O–H groups in total. The molecule has 4 heteroatoms. The van der Waals surface area contributed by atoms with Crippen LogP contribution >= 0.6 is 15.9 Å². The van der Waals surface area contributed by atoms with Crippen molar-refractivity contribution in [1.29, 1.82) is 0 Å². The van der Waals surface area contributed by atoms with Crippen LogP contribution in [0, 0.1) is 0 Å². The van der Waals surface area contributed by atoms with E-state index in [4.69, 9.17) is 4.74 Å². The number of hydrogen-bond donors (Lipinski definition) is 0. The van der Waals surface area contributed by atoms with Crippen LogP contribution in [0.15, 0.2) is 22.9 Å². The van der Waals surface area contributed by atoms with Crippen LogP contribution in [0.1, 0.15) is 13.3 Å². The molecule has 1 aromatic carbocycles. The third kappa shape index (κ3) is 1.86. The minimum Gasteiger partial charge on any atom is -0.497 e. The van der Waals surface area contributed by atoms with Gasteiger partial charge in [-0.25, -0.2) is 4.98 Å². The fourth-order valence-electron chi connectivity index (χ4n) is 1.64. The summed E-state index contributed by atoms with van der Waals surface area (Å²) in [5.41, 5.74) is 2.11. The molecule has 0 radical (unpaired) electrons. The van der Waals surface area contributed by atoms with Crippen molar-refractivity contribution >= 4 is 27.0 Å². The summed E-state index contributed by atoms with van der Waals surface area (Å²) in [5.74, 6) is 0.844. The van der Waals surface area contributed by atoms with E-state index in [0.717, 1.165) is 34.5 Å². The topological polar surface area (TPSA) is 27.1 Å². The molecule has 15 heavy (non-hydrogen) atoms. The second-order valence-electron chi connectivity index (χ2n) is 3.39. The molecule has 0 bridgehead atoms. The number of aromatic nitrogens is 2. The van der Waals surface area contributed by atoms with Gasteiger partial charge < -0.3 is 9.30 Å². The molecule has 0 saturated carbocycles. The predicted molar refractivity (Wildman–Crippen MR) is 64.3 cm³/mol. The summed E-state index contributed by atoms with van der Waals surface area (Å²) < 4.78 is 8.21. The number of methoxy groups -OCH3 is 1. The van der Waals surface area contributed by atoms with E-state index in [9.17, 15) is 0 Å². The Morgan fingerprint density at radius 2 is 2.27 bits per heavy atom. The van der Waals surface area contributed by atoms with Crippen LogP contribution in [0.25, 0.3) is 11.0 Å². The molecule has 0 aliphatic carbocycles. The van der Waals surface area contributed by atoms with Crippen molar-refractivity contribution in [2.24, 2.45) is 0 Å². The van der Waals surface area contributed by atoms with Gasteiger partial charge in [-0.05, 0) is 34.5 Å². The van der Waals surface area contributed by atoms with Gasteiger partial charge in [0.25, 0.3) is 0 Å². The van der Waals surface area contributed by atoms with E-state index in [-0.39, 0.29) is 0 Å². The Balaban J connectivity index is 2.58. The standard InChI is InChI=1S/C11H13BrN2O/c1-3-6-14-10-5-4-8(15-2)7-9(10)13-11(14)12/h4-5,7H,3,6H2,1-2H3. The summed E-state index contributed by atoms with van der Waals surface area (Å²) >= 11 is 3.47. The Morgan fingerprint density at radius 3 is 2.93 bits per heavy atom. The van der Waals surface area contributed by atoms with E-state index < -0.39 is 0 Å². The Morgan fingerprint density at radius 1 is 1.47 bits per heavy atom. The minimum absolute atomic E-state index is 0.844. The fraction of sp³-hybridized carbons (Fsp3) is 0.364. The maximum absolute atomic E-state index is 5.17. The van der Waals surface area contributed by atoms with Gasteiger partial charge in [0, 0.05) is 12.6 Å². The number of aryl methyl sites for hydroxylation is 1. The van der Waals surface area contributed by atoms with E-state index >= 15 is 0 Å². The molecule has 0 aliphatic heterocycles. The summed E-state index contributed by atoms with van der Waals surface area (Å²) in [6.45, 7) is 3.13. The Bertz CT molecular complexity index is 479. The quantitative estimate of drug-likeness (QED) is 0.855. The smallest absolute Gasteiger partial charge is 0.178 e. The van der Waals surface area contributed by atoms with Crippen molar-refractivity contribution in [3.63, 3.8) is 0 Å². The van der Waals surface area contributed by atoms with Crippen LogP contribution in [-0.2, 0) is 6.54 Å². The van der Waals surface area contributed by atoms with Crippen molar-refractivity contribution in [3.8, 4) is 5.75 Å². The van der Waals surface area contributed by atoms with Gasteiger partial charge in [0.15, 0.2) is 4.73 Å². The predicted octanol–water partition coefficient (Wildman–Crippen LogP) is 3.22. The average Bonchev–Trinajstić information content (AvgIpc) is 2.55. The van der Waals surface area contributed by atoms with Gasteiger partial charge >= 0.3 is 0 Å². The second kappa shape index (κ2) is 4.23. The molecule has 1 heterocycles. The van der Waals surface area contributed by atoms with Gasteiger partial charge in [0.2, 0.25) is 0 Å². The van der Waals surface area contributed by atoms with Crippen molar-refractivity contribution in [2.45, 2.75) is 19.9 Å². The average molecular weight is 269 g/mol. The molecule has 0 amide bonds. The van der Waals surface area contributed by atoms with Gasteiger partial charge in [-0.2, -0.15) is 0 Å². The third-order valence-electron chi connectivity index (χ3n) is 2.36. The third-order valence-corrected chi connectivity index (χ3v) is 2.96. The maximum atomic E-state index is 5.17. The first kappa shape index (κ1) is 10.5. The number of imidazole rings is 1. The molecule has 2 rings (SSSR count). The largest absolute Gasteiger partial charge is 0.497 e. The zero-order valence-corrected chi connectivity index (χ0v) is 10.4. The number of fused-ring (bicyclic) bond motifs is 1. The van der Waals surface area contributed by atoms with Crippen LogP contribution in [-0.4, -0.2) is 16.7 Å². The highest BCUT2D eigenvalue weighted by Crippen LogP contribution is 2.24. The van der Waals surface area contributed by atoms with Crippen LogP contribution < -0.4 is 4.74 Å².